The Kier molecular flexibility index (Phi) is 9.15. The maximum Gasteiger partial charge on any atom is 0.146 e. The molecule has 1 aliphatic heterocycles. The van der Waals surface area contributed by atoms with Crippen molar-refractivity contribution in [3.8, 4) is 0 Å². The van der Waals surface area contributed by atoms with Gasteiger partial charge in [0.15, 0.2) is 0 Å². The molecule has 1 aromatic rings. The highest BCUT2D eigenvalue weighted by molar-refractivity contribution is 5.13. The van der Waals surface area contributed by atoms with Crippen LogP contribution in [0.2, 0.25) is 0 Å². The van der Waals surface area contributed by atoms with Gasteiger partial charge >= 0.3 is 0 Å². The average Bonchev–Trinajstić information content (AvgIpc) is 2.61. The van der Waals surface area contributed by atoms with Gasteiger partial charge in [-0.05, 0) is 24.8 Å². The van der Waals surface area contributed by atoms with E-state index < -0.39 is 6.10 Å². The number of aliphatic hydroxyl groups is 1. The van der Waals surface area contributed by atoms with E-state index in [1.807, 2.05) is 18.2 Å². The molecular weight excluding hydrogens is 320 g/mol. The van der Waals surface area contributed by atoms with Crippen molar-refractivity contribution in [3.63, 3.8) is 0 Å². The molecule has 1 N–H and O–H groups in total. The summed E-state index contributed by atoms with van der Waals surface area (Å²) in [5.74, 6) is 0. The summed E-state index contributed by atoms with van der Waals surface area (Å²) in [6.07, 6.45) is 4.01. The minimum atomic E-state index is -0.434. The predicted octanol–water partition coefficient (Wildman–Crippen LogP) is 3.07. The van der Waals surface area contributed by atoms with E-state index in [4.69, 9.17) is 18.9 Å². The van der Waals surface area contributed by atoms with E-state index in [0.717, 1.165) is 18.4 Å². The van der Waals surface area contributed by atoms with Gasteiger partial charge in [0.25, 0.3) is 0 Å². The third kappa shape index (κ3) is 7.67. The van der Waals surface area contributed by atoms with Gasteiger partial charge < -0.3 is 24.1 Å². The van der Waals surface area contributed by atoms with Gasteiger partial charge in [0.1, 0.15) is 6.79 Å². The summed E-state index contributed by atoms with van der Waals surface area (Å²) in [6, 6.07) is 10.1. The van der Waals surface area contributed by atoms with Gasteiger partial charge in [-0.25, -0.2) is 0 Å². The van der Waals surface area contributed by atoms with E-state index in [1.54, 1.807) is 13.2 Å². The number of aliphatic hydroxyl groups excluding tert-OH is 1. The van der Waals surface area contributed by atoms with Gasteiger partial charge in [-0.15, -0.1) is 6.58 Å². The maximum absolute atomic E-state index is 10.1. The van der Waals surface area contributed by atoms with Crippen molar-refractivity contribution in [2.24, 2.45) is 0 Å². The van der Waals surface area contributed by atoms with Crippen LogP contribution in [0, 0.1) is 0 Å². The Labute approximate surface area is 150 Å². The van der Waals surface area contributed by atoms with Gasteiger partial charge in [0, 0.05) is 13.5 Å². The molecular formula is C20H30O5. The first-order valence-corrected chi connectivity index (χ1v) is 8.87. The SMILES string of the molecule is C=CC[C@@H](O)C[C@@H]1C[C@@H](OCc2ccccc2)C[C@H](COCOC)O1. The zero-order valence-electron chi connectivity index (χ0n) is 15.0. The van der Waals surface area contributed by atoms with E-state index >= 15 is 0 Å². The van der Waals surface area contributed by atoms with Crippen molar-refractivity contribution in [1.82, 2.24) is 0 Å². The highest BCUT2D eigenvalue weighted by Crippen LogP contribution is 2.26. The molecule has 1 aliphatic rings. The molecule has 0 radical (unpaired) electrons. The molecule has 1 fully saturated rings. The highest BCUT2D eigenvalue weighted by atomic mass is 16.7. The molecule has 0 unspecified atom stereocenters. The number of hydrogen-bond donors (Lipinski definition) is 1. The van der Waals surface area contributed by atoms with Crippen molar-refractivity contribution < 1.29 is 24.1 Å². The molecule has 2 rings (SSSR count). The smallest absolute Gasteiger partial charge is 0.146 e. The molecule has 0 saturated carbocycles. The van der Waals surface area contributed by atoms with Crippen molar-refractivity contribution in [2.75, 3.05) is 20.5 Å². The molecule has 4 atom stereocenters. The predicted molar refractivity (Wildman–Crippen MR) is 96.2 cm³/mol. The van der Waals surface area contributed by atoms with Gasteiger partial charge in [0.2, 0.25) is 0 Å². The Balaban J connectivity index is 1.88. The summed E-state index contributed by atoms with van der Waals surface area (Å²) in [4.78, 5) is 0. The van der Waals surface area contributed by atoms with Crippen LogP contribution >= 0.6 is 0 Å². The number of benzene rings is 1. The van der Waals surface area contributed by atoms with Crippen LogP contribution in [0.1, 0.15) is 31.2 Å². The molecule has 0 aliphatic carbocycles. The fourth-order valence-corrected chi connectivity index (χ4v) is 3.10. The quantitative estimate of drug-likeness (QED) is 0.378. The monoisotopic (exact) mass is 350 g/mol. The zero-order valence-corrected chi connectivity index (χ0v) is 15.0. The second kappa shape index (κ2) is 11.4. The number of hydrogen-bond acceptors (Lipinski definition) is 5. The molecule has 5 heteroatoms. The number of ether oxygens (including phenoxy) is 4. The summed E-state index contributed by atoms with van der Waals surface area (Å²) in [5, 5.41) is 10.1. The van der Waals surface area contributed by atoms with Crippen LogP contribution in [-0.4, -0.2) is 50.0 Å². The van der Waals surface area contributed by atoms with E-state index in [0.29, 0.717) is 26.1 Å². The van der Waals surface area contributed by atoms with E-state index in [-0.39, 0.29) is 25.1 Å². The van der Waals surface area contributed by atoms with Crippen LogP contribution in [0.15, 0.2) is 43.0 Å². The third-order valence-electron chi connectivity index (χ3n) is 4.24. The van der Waals surface area contributed by atoms with Crippen LogP contribution in [-0.2, 0) is 25.6 Å². The molecule has 0 bridgehead atoms. The van der Waals surface area contributed by atoms with Crippen molar-refractivity contribution in [2.45, 2.75) is 56.7 Å². The van der Waals surface area contributed by atoms with Gasteiger partial charge in [-0.3, -0.25) is 0 Å². The van der Waals surface area contributed by atoms with Crippen LogP contribution in [0.4, 0.5) is 0 Å². The normalized spacial score (nSPS) is 24.8. The summed E-state index contributed by atoms with van der Waals surface area (Å²) < 4.78 is 22.6. The second-order valence-corrected chi connectivity index (χ2v) is 6.46. The minimum absolute atomic E-state index is 0.0411. The summed E-state index contributed by atoms with van der Waals surface area (Å²) in [6.45, 7) is 4.97. The summed E-state index contributed by atoms with van der Waals surface area (Å²) in [5.41, 5.74) is 1.16. The largest absolute Gasteiger partial charge is 0.393 e. The molecule has 0 spiro atoms. The first-order valence-electron chi connectivity index (χ1n) is 8.87. The Morgan fingerprint density at radius 1 is 1.28 bits per heavy atom. The molecule has 5 nitrogen and oxygen atoms in total. The maximum atomic E-state index is 10.1. The van der Waals surface area contributed by atoms with Gasteiger partial charge in [-0.2, -0.15) is 0 Å². The van der Waals surface area contributed by atoms with Crippen LogP contribution in [0.3, 0.4) is 0 Å². The number of methoxy groups -OCH3 is 1. The highest BCUT2D eigenvalue weighted by Gasteiger charge is 2.31. The fourth-order valence-electron chi connectivity index (χ4n) is 3.10. The van der Waals surface area contributed by atoms with Crippen molar-refractivity contribution in [3.05, 3.63) is 48.6 Å². The van der Waals surface area contributed by atoms with Crippen molar-refractivity contribution in [1.29, 1.82) is 0 Å². The third-order valence-corrected chi connectivity index (χ3v) is 4.24. The lowest BCUT2D eigenvalue weighted by Gasteiger charge is -2.36. The number of rotatable bonds is 11. The van der Waals surface area contributed by atoms with Crippen LogP contribution in [0.25, 0.3) is 0 Å². The molecule has 0 aromatic heterocycles. The molecule has 1 aromatic carbocycles. The molecule has 0 amide bonds. The Bertz CT molecular complexity index is 478. The lowest BCUT2D eigenvalue weighted by Crippen LogP contribution is -2.40. The van der Waals surface area contributed by atoms with Crippen LogP contribution in [0.5, 0.6) is 0 Å². The first-order chi connectivity index (χ1) is 12.2. The Hall–Kier alpha value is -1.24. The van der Waals surface area contributed by atoms with Crippen molar-refractivity contribution >= 4 is 0 Å². The summed E-state index contributed by atoms with van der Waals surface area (Å²) >= 11 is 0. The molecule has 140 valence electrons. The summed E-state index contributed by atoms with van der Waals surface area (Å²) in [7, 11) is 1.60. The molecule has 25 heavy (non-hydrogen) atoms. The fraction of sp³-hybridized carbons (Fsp3) is 0.600. The Morgan fingerprint density at radius 3 is 2.76 bits per heavy atom. The molecule has 1 saturated heterocycles. The van der Waals surface area contributed by atoms with E-state index in [9.17, 15) is 5.11 Å². The average molecular weight is 350 g/mol. The lowest BCUT2D eigenvalue weighted by molar-refractivity contribution is -0.158. The first kappa shape index (κ1) is 20.1. The second-order valence-electron chi connectivity index (χ2n) is 6.46. The van der Waals surface area contributed by atoms with E-state index in [1.165, 1.54) is 0 Å². The Morgan fingerprint density at radius 2 is 2.04 bits per heavy atom. The topological polar surface area (TPSA) is 57.2 Å². The van der Waals surface area contributed by atoms with Crippen LogP contribution < -0.4 is 0 Å². The van der Waals surface area contributed by atoms with Gasteiger partial charge in [0.05, 0.1) is 37.6 Å². The minimum Gasteiger partial charge on any atom is -0.393 e. The zero-order chi connectivity index (χ0) is 17.9. The standard InChI is InChI=1S/C20H30O5/c1-3-7-17(21)10-19-11-18(12-20(25-19)14-23-15-22-2)24-13-16-8-5-4-6-9-16/h3-6,8-9,17-21H,1,7,10-15H2,2H3/t17-,18-,19-,20-/m1/s1. The van der Waals surface area contributed by atoms with Gasteiger partial charge in [-0.1, -0.05) is 36.4 Å². The lowest BCUT2D eigenvalue weighted by atomic mass is 9.96. The van der Waals surface area contributed by atoms with E-state index in [2.05, 4.69) is 18.7 Å². The molecule has 1 heterocycles.